The number of hydrogen-bond acceptors (Lipinski definition) is 6. The highest BCUT2D eigenvalue weighted by Crippen LogP contribution is 2.40. The molecule has 3 aromatic rings. The van der Waals surface area contributed by atoms with Crippen LogP contribution in [-0.2, 0) is 16.1 Å². The van der Waals surface area contributed by atoms with E-state index in [0.717, 1.165) is 17.3 Å². The van der Waals surface area contributed by atoms with Gasteiger partial charge < -0.3 is 14.6 Å². The van der Waals surface area contributed by atoms with Crippen molar-refractivity contribution in [3.63, 3.8) is 0 Å². The van der Waals surface area contributed by atoms with Crippen LogP contribution in [0, 0.1) is 5.82 Å². The molecule has 0 spiro atoms. The van der Waals surface area contributed by atoms with Crippen LogP contribution in [-0.4, -0.2) is 28.6 Å². The van der Waals surface area contributed by atoms with E-state index in [1.165, 1.54) is 12.1 Å². The molecule has 1 N–H and O–H groups in total. The minimum atomic E-state index is -0.763. The lowest BCUT2D eigenvalue weighted by Crippen LogP contribution is -2.14. The van der Waals surface area contributed by atoms with Gasteiger partial charge in [-0.25, -0.2) is 14.2 Å². The molecule has 1 heterocycles. The Morgan fingerprint density at radius 2 is 1.81 bits per heavy atom. The second-order valence-corrected chi connectivity index (χ2v) is 9.63. The summed E-state index contributed by atoms with van der Waals surface area (Å²) in [7, 11) is 0. The second kappa shape index (κ2) is 12.0. The molecule has 188 valence electrons. The number of ether oxygens (including phenoxy) is 2. The predicted octanol–water partition coefficient (Wildman–Crippen LogP) is 6.87. The summed E-state index contributed by atoms with van der Waals surface area (Å²) in [6.07, 6.45) is 1.67. The molecule has 0 saturated heterocycles. The number of carbonyl (C=O) groups is 2. The molecule has 0 fully saturated rings. The predicted molar refractivity (Wildman–Crippen MR) is 145 cm³/mol. The van der Waals surface area contributed by atoms with Crippen molar-refractivity contribution >= 4 is 50.7 Å². The Morgan fingerprint density at radius 3 is 2.49 bits per heavy atom. The minimum absolute atomic E-state index is 0.0642. The van der Waals surface area contributed by atoms with E-state index in [1.807, 2.05) is 0 Å². The summed E-state index contributed by atoms with van der Waals surface area (Å²) in [5.41, 5.74) is 1.73. The molecular weight excluding hydrogens is 561 g/mol. The van der Waals surface area contributed by atoms with Gasteiger partial charge in [-0.2, -0.15) is 0 Å². The fourth-order valence-corrected chi connectivity index (χ4v) is 4.87. The van der Waals surface area contributed by atoms with Crippen LogP contribution in [0.15, 0.2) is 98.5 Å². The molecule has 0 saturated carbocycles. The number of amides is 1. The number of aliphatic hydroxyl groups excluding tert-OH is 1. The first-order valence-corrected chi connectivity index (χ1v) is 12.8. The van der Waals surface area contributed by atoms with Crippen LogP contribution in [0.25, 0.3) is 6.08 Å². The maximum atomic E-state index is 13.1. The lowest BCUT2D eigenvalue weighted by Gasteiger charge is -2.09. The van der Waals surface area contributed by atoms with Gasteiger partial charge >= 0.3 is 5.97 Å². The van der Waals surface area contributed by atoms with Gasteiger partial charge in [0.2, 0.25) is 0 Å². The zero-order valence-electron chi connectivity index (χ0n) is 19.6. The fourth-order valence-electron chi connectivity index (χ4n) is 3.35. The minimum Gasteiger partial charge on any atom is -0.506 e. The molecule has 0 bridgehead atoms. The van der Waals surface area contributed by atoms with Gasteiger partial charge in [0.15, 0.2) is 0 Å². The van der Waals surface area contributed by atoms with Crippen molar-refractivity contribution in [2.75, 3.05) is 6.61 Å². The number of aliphatic imine (C=N–C) groups is 1. The summed E-state index contributed by atoms with van der Waals surface area (Å²) in [4.78, 5) is 29.7. The van der Waals surface area contributed by atoms with Crippen molar-refractivity contribution in [1.29, 1.82) is 0 Å². The van der Waals surface area contributed by atoms with Gasteiger partial charge in [-0.05, 0) is 76.5 Å². The van der Waals surface area contributed by atoms with Gasteiger partial charge in [0, 0.05) is 5.56 Å². The number of aliphatic hydroxyl groups is 1. The SMILES string of the molecule is CCOC(=O)C1=C(O)C(=Cc2ccc(OCc3ccc(F)cc3)c(Br)c2)SC1=NC(=O)c1ccccc1. The number of esters is 1. The highest BCUT2D eigenvalue weighted by Gasteiger charge is 2.34. The normalized spacial score (nSPS) is 15.3. The number of hydrogen-bond donors (Lipinski definition) is 1. The first kappa shape index (κ1) is 26.4. The van der Waals surface area contributed by atoms with Gasteiger partial charge in [-0.1, -0.05) is 48.2 Å². The van der Waals surface area contributed by atoms with Gasteiger partial charge in [0.1, 0.15) is 34.5 Å². The van der Waals surface area contributed by atoms with Crippen molar-refractivity contribution in [3.05, 3.63) is 116 Å². The van der Waals surface area contributed by atoms with Crippen LogP contribution in [0.4, 0.5) is 4.39 Å². The second-order valence-electron chi connectivity index (χ2n) is 7.75. The third-order valence-corrected chi connectivity index (χ3v) is 6.79. The highest BCUT2D eigenvalue weighted by molar-refractivity contribution is 9.10. The number of halogens is 2. The van der Waals surface area contributed by atoms with Crippen LogP contribution in [0.2, 0.25) is 0 Å². The van der Waals surface area contributed by atoms with E-state index in [-0.39, 0.29) is 35.4 Å². The Labute approximate surface area is 225 Å². The highest BCUT2D eigenvalue weighted by atomic mass is 79.9. The quantitative estimate of drug-likeness (QED) is 0.306. The van der Waals surface area contributed by atoms with Crippen molar-refractivity contribution in [2.45, 2.75) is 13.5 Å². The Hall–Kier alpha value is -3.69. The standard InChI is InChI=1S/C28H21BrFNO5S/c1-2-35-28(34)24-25(32)23(37-27(24)31-26(33)19-6-4-3-5-7-19)15-18-10-13-22(21(29)14-18)36-16-17-8-11-20(30)12-9-17/h3-15,32H,2,16H2,1H3. The maximum absolute atomic E-state index is 13.1. The molecule has 0 aliphatic carbocycles. The fraction of sp³-hybridized carbons (Fsp3) is 0.107. The largest absolute Gasteiger partial charge is 0.506 e. The smallest absolute Gasteiger partial charge is 0.344 e. The van der Waals surface area contributed by atoms with E-state index in [9.17, 15) is 19.1 Å². The van der Waals surface area contributed by atoms with E-state index >= 15 is 0 Å². The number of thioether (sulfide) groups is 1. The van der Waals surface area contributed by atoms with Crippen LogP contribution in [0.1, 0.15) is 28.4 Å². The van der Waals surface area contributed by atoms with E-state index in [2.05, 4.69) is 20.9 Å². The molecular formula is C28H21BrFNO5S. The van der Waals surface area contributed by atoms with Gasteiger partial charge in [0.05, 0.1) is 16.0 Å². The molecule has 0 unspecified atom stereocenters. The molecule has 4 rings (SSSR count). The Morgan fingerprint density at radius 1 is 1.08 bits per heavy atom. The van der Waals surface area contributed by atoms with Crippen LogP contribution >= 0.6 is 27.7 Å². The number of benzene rings is 3. The molecule has 37 heavy (non-hydrogen) atoms. The first-order valence-electron chi connectivity index (χ1n) is 11.2. The van der Waals surface area contributed by atoms with Gasteiger partial charge in [-0.3, -0.25) is 4.79 Å². The lowest BCUT2D eigenvalue weighted by atomic mass is 10.1. The van der Waals surface area contributed by atoms with Crippen LogP contribution in [0.5, 0.6) is 5.75 Å². The average Bonchev–Trinajstić information content (AvgIpc) is 3.19. The third kappa shape index (κ3) is 6.55. The Bertz CT molecular complexity index is 1420. The van der Waals surface area contributed by atoms with Crippen LogP contribution in [0.3, 0.4) is 0 Å². The summed E-state index contributed by atoms with van der Waals surface area (Å²) in [5.74, 6) is -1.34. The zero-order chi connectivity index (χ0) is 26.4. The van der Waals surface area contributed by atoms with E-state index in [0.29, 0.717) is 26.3 Å². The molecule has 6 nitrogen and oxygen atoms in total. The molecule has 0 aromatic heterocycles. The first-order chi connectivity index (χ1) is 17.9. The molecule has 3 aromatic carbocycles. The van der Waals surface area contributed by atoms with Gasteiger partial charge in [0.25, 0.3) is 5.91 Å². The monoisotopic (exact) mass is 581 g/mol. The summed E-state index contributed by atoms with van der Waals surface area (Å²) in [6, 6.07) is 19.8. The van der Waals surface area contributed by atoms with Crippen molar-refractivity contribution in [1.82, 2.24) is 0 Å². The van der Waals surface area contributed by atoms with Crippen LogP contribution < -0.4 is 4.74 Å². The number of nitrogens with zero attached hydrogens (tertiary/aromatic N) is 1. The van der Waals surface area contributed by atoms with E-state index < -0.39 is 11.9 Å². The topological polar surface area (TPSA) is 85.2 Å². The van der Waals surface area contributed by atoms with Crippen molar-refractivity contribution < 1.29 is 28.6 Å². The molecule has 0 atom stereocenters. The van der Waals surface area contributed by atoms with E-state index in [1.54, 1.807) is 73.7 Å². The molecule has 9 heteroatoms. The van der Waals surface area contributed by atoms with Crippen molar-refractivity contribution in [3.8, 4) is 5.75 Å². The summed E-state index contributed by atoms with van der Waals surface area (Å²) < 4.78 is 24.7. The Balaban J connectivity index is 1.58. The van der Waals surface area contributed by atoms with E-state index in [4.69, 9.17) is 9.47 Å². The summed E-state index contributed by atoms with van der Waals surface area (Å²) in [6.45, 7) is 2.01. The summed E-state index contributed by atoms with van der Waals surface area (Å²) in [5, 5.41) is 10.9. The maximum Gasteiger partial charge on any atom is 0.344 e. The van der Waals surface area contributed by atoms with Gasteiger partial charge in [-0.15, -0.1) is 0 Å². The molecule has 1 amide bonds. The molecule has 0 radical (unpaired) electrons. The zero-order valence-corrected chi connectivity index (χ0v) is 22.0. The third-order valence-electron chi connectivity index (χ3n) is 5.16. The number of rotatable bonds is 7. The Kier molecular flexibility index (Phi) is 8.58. The summed E-state index contributed by atoms with van der Waals surface area (Å²) >= 11 is 4.49. The van der Waals surface area contributed by atoms with Crippen molar-refractivity contribution in [2.24, 2.45) is 4.99 Å². The molecule has 1 aliphatic heterocycles. The lowest BCUT2D eigenvalue weighted by molar-refractivity contribution is -0.138. The number of carbonyl (C=O) groups excluding carboxylic acids is 2. The molecule has 1 aliphatic rings. The average molecular weight is 582 g/mol.